The first kappa shape index (κ1) is 28.9. The summed E-state index contributed by atoms with van der Waals surface area (Å²) in [7, 11) is -6.57. The van der Waals surface area contributed by atoms with Gasteiger partial charge in [-0.2, -0.15) is 0 Å². The Bertz CT molecular complexity index is 807. The predicted octanol–water partition coefficient (Wildman–Crippen LogP) is 5.61. The summed E-state index contributed by atoms with van der Waals surface area (Å²) in [4.78, 5) is 0. The molecule has 1 aromatic rings. The van der Waals surface area contributed by atoms with Gasteiger partial charge in [0.05, 0.1) is 11.5 Å². The van der Waals surface area contributed by atoms with Crippen LogP contribution in [0, 0.1) is 0 Å². The van der Waals surface area contributed by atoms with Crippen LogP contribution >= 0.6 is 0 Å². The van der Waals surface area contributed by atoms with Crippen molar-refractivity contribution in [2.45, 2.75) is 97.3 Å². The van der Waals surface area contributed by atoms with Gasteiger partial charge in [-0.25, -0.2) is 21.6 Å². The van der Waals surface area contributed by atoms with Crippen molar-refractivity contribution in [3.63, 3.8) is 0 Å². The van der Waals surface area contributed by atoms with Crippen LogP contribution in [0.15, 0.2) is 24.3 Å². The third-order valence-corrected chi connectivity index (χ3v) is 8.34. The smallest absolute Gasteiger partial charge is 0.232 e. The summed E-state index contributed by atoms with van der Waals surface area (Å²) in [5.74, 6) is 0.319. The van der Waals surface area contributed by atoms with E-state index in [1.165, 1.54) is 38.5 Å². The molecule has 0 saturated heterocycles. The molecule has 0 aliphatic heterocycles. The highest BCUT2D eigenvalue weighted by Crippen LogP contribution is 2.14. The van der Waals surface area contributed by atoms with Crippen LogP contribution in [0.2, 0.25) is 0 Å². The van der Waals surface area contributed by atoms with E-state index in [-0.39, 0.29) is 11.5 Å². The van der Waals surface area contributed by atoms with Crippen molar-refractivity contribution in [2.24, 2.45) is 0 Å². The maximum atomic E-state index is 12.2. The standard InChI is InChI=1S/C24H44N2O4S2/c1-3-5-7-9-11-13-21-31(27,28)25-20-19-23-15-17-24(18-16-23)26-32(29,30)22-14-12-10-8-6-4-2/h15-18,25-26H,3-14,19-22H2,1-2H3. The maximum absolute atomic E-state index is 12.2. The molecule has 0 spiro atoms. The van der Waals surface area contributed by atoms with E-state index in [4.69, 9.17) is 0 Å². The first-order chi connectivity index (χ1) is 15.3. The summed E-state index contributed by atoms with van der Waals surface area (Å²) in [6.07, 6.45) is 13.2. The van der Waals surface area contributed by atoms with Gasteiger partial charge in [-0.1, -0.05) is 90.2 Å². The van der Waals surface area contributed by atoms with Gasteiger partial charge in [0.25, 0.3) is 0 Å². The van der Waals surface area contributed by atoms with Gasteiger partial charge in [0.15, 0.2) is 0 Å². The Kier molecular flexibility index (Phi) is 14.9. The van der Waals surface area contributed by atoms with Crippen molar-refractivity contribution in [3.05, 3.63) is 29.8 Å². The highest BCUT2D eigenvalue weighted by molar-refractivity contribution is 7.92. The van der Waals surface area contributed by atoms with Crippen molar-refractivity contribution in [1.29, 1.82) is 0 Å². The second-order valence-electron chi connectivity index (χ2n) is 8.62. The number of hydrogen-bond acceptors (Lipinski definition) is 4. The lowest BCUT2D eigenvalue weighted by atomic mass is 10.1. The summed E-state index contributed by atoms with van der Waals surface area (Å²) in [5.41, 5.74) is 1.51. The van der Waals surface area contributed by atoms with E-state index in [2.05, 4.69) is 23.3 Å². The molecule has 8 heteroatoms. The minimum atomic E-state index is -3.33. The van der Waals surface area contributed by atoms with Crippen LogP contribution < -0.4 is 9.44 Å². The first-order valence-electron chi connectivity index (χ1n) is 12.3. The molecule has 0 heterocycles. The predicted molar refractivity (Wildman–Crippen MR) is 136 cm³/mol. The molecule has 0 saturated carbocycles. The third kappa shape index (κ3) is 14.9. The highest BCUT2D eigenvalue weighted by Gasteiger charge is 2.11. The second-order valence-corrected chi connectivity index (χ2v) is 12.4. The molecule has 0 aliphatic rings. The molecule has 1 aromatic carbocycles. The number of nitrogens with one attached hydrogen (secondary N) is 2. The van der Waals surface area contributed by atoms with Crippen molar-refractivity contribution in [3.8, 4) is 0 Å². The summed E-state index contributed by atoms with van der Waals surface area (Å²) in [6.45, 7) is 4.67. The Morgan fingerprint density at radius 1 is 0.625 bits per heavy atom. The molecule has 0 radical (unpaired) electrons. The van der Waals surface area contributed by atoms with E-state index < -0.39 is 20.0 Å². The first-order valence-corrected chi connectivity index (χ1v) is 15.6. The molecule has 32 heavy (non-hydrogen) atoms. The summed E-state index contributed by atoms with van der Waals surface area (Å²) in [6, 6.07) is 7.15. The van der Waals surface area contributed by atoms with Crippen LogP contribution in [-0.4, -0.2) is 34.9 Å². The van der Waals surface area contributed by atoms with Gasteiger partial charge in [-0.15, -0.1) is 0 Å². The molecule has 0 aliphatic carbocycles. The van der Waals surface area contributed by atoms with Gasteiger partial charge >= 0.3 is 0 Å². The normalized spacial score (nSPS) is 12.2. The Morgan fingerprint density at radius 3 is 1.62 bits per heavy atom. The summed E-state index contributed by atoms with van der Waals surface area (Å²) in [5, 5.41) is 0. The van der Waals surface area contributed by atoms with Crippen LogP contribution in [0.4, 0.5) is 5.69 Å². The van der Waals surface area contributed by atoms with Gasteiger partial charge < -0.3 is 0 Å². The van der Waals surface area contributed by atoms with Crippen LogP contribution in [0.25, 0.3) is 0 Å². The van der Waals surface area contributed by atoms with Gasteiger partial charge in [0.1, 0.15) is 0 Å². The quantitative estimate of drug-likeness (QED) is 0.233. The Hall–Kier alpha value is -1.12. The molecular formula is C24H44N2O4S2. The van der Waals surface area contributed by atoms with Crippen LogP contribution in [0.3, 0.4) is 0 Å². The van der Waals surface area contributed by atoms with Crippen molar-refractivity contribution in [2.75, 3.05) is 22.8 Å². The topological polar surface area (TPSA) is 92.3 Å². The fourth-order valence-corrected chi connectivity index (χ4v) is 5.86. The van der Waals surface area contributed by atoms with Crippen molar-refractivity contribution in [1.82, 2.24) is 4.72 Å². The molecular weight excluding hydrogens is 444 g/mol. The number of benzene rings is 1. The van der Waals surface area contributed by atoms with Crippen molar-refractivity contribution < 1.29 is 16.8 Å². The van der Waals surface area contributed by atoms with Crippen LogP contribution in [0.1, 0.15) is 96.5 Å². The maximum Gasteiger partial charge on any atom is 0.232 e. The van der Waals surface area contributed by atoms with E-state index >= 15 is 0 Å². The highest BCUT2D eigenvalue weighted by atomic mass is 32.2. The number of sulfonamides is 2. The Morgan fingerprint density at radius 2 is 1.09 bits per heavy atom. The molecule has 0 atom stereocenters. The lowest BCUT2D eigenvalue weighted by molar-refractivity contribution is 0.571. The molecule has 0 fully saturated rings. The van der Waals surface area contributed by atoms with E-state index in [0.717, 1.165) is 31.2 Å². The molecule has 0 aromatic heterocycles. The largest absolute Gasteiger partial charge is 0.284 e. The number of anilines is 1. The van der Waals surface area contributed by atoms with Gasteiger partial charge in [-0.3, -0.25) is 4.72 Å². The van der Waals surface area contributed by atoms with E-state index in [1.807, 2.05) is 12.1 Å². The average Bonchev–Trinajstić information content (AvgIpc) is 2.74. The SMILES string of the molecule is CCCCCCCCS(=O)(=O)NCCc1ccc(NS(=O)(=O)CCCCCCCC)cc1. The molecule has 6 nitrogen and oxygen atoms in total. The zero-order valence-electron chi connectivity index (χ0n) is 20.1. The fourth-order valence-electron chi connectivity index (χ4n) is 3.54. The Labute approximate surface area is 197 Å². The number of hydrogen-bond donors (Lipinski definition) is 2. The molecule has 1 rings (SSSR count). The number of rotatable bonds is 20. The van der Waals surface area contributed by atoms with Crippen molar-refractivity contribution >= 4 is 25.7 Å². The summed E-state index contributed by atoms with van der Waals surface area (Å²) < 4.78 is 53.9. The minimum Gasteiger partial charge on any atom is -0.284 e. The molecule has 2 N–H and O–H groups in total. The summed E-state index contributed by atoms with van der Waals surface area (Å²) >= 11 is 0. The molecule has 0 amide bonds. The van der Waals surface area contributed by atoms with Crippen LogP contribution in [0.5, 0.6) is 0 Å². The van der Waals surface area contributed by atoms with Gasteiger partial charge in [0.2, 0.25) is 20.0 Å². The van der Waals surface area contributed by atoms with E-state index in [9.17, 15) is 16.8 Å². The monoisotopic (exact) mass is 488 g/mol. The molecule has 0 unspecified atom stereocenters. The average molecular weight is 489 g/mol. The number of unbranched alkanes of at least 4 members (excludes halogenated alkanes) is 10. The zero-order chi connectivity index (χ0) is 23.7. The molecule has 186 valence electrons. The zero-order valence-corrected chi connectivity index (χ0v) is 21.7. The second kappa shape index (κ2) is 16.5. The Balaban J connectivity index is 2.29. The van der Waals surface area contributed by atoms with Crippen LogP contribution in [-0.2, 0) is 26.5 Å². The van der Waals surface area contributed by atoms with E-state index in [1.54, 1.807) is 12.1 Å². The van der Waals surface area contributed by atoms with Gasteiger partial charge in [0, 0.05) is 12.2 Å². The molecule has 0 bridgehead atoms. The minimum absolute atomic E-state index is 0.140. The van der Waals surface area contributed by atoms with Gasteiger partial charge in [-0.05, 0) is 37.0 Å². The fraction of sp³-hybridized carbons (Fsp3) is 0.750. The third-order valence-electron chi connectivity index (χ3n) is 5.50. The lowest BCUT2D eigenvalue weighted by Gasteiger charge is -2.10. The van der Waals surface area contributed by atoms with E-state index in [0.29, 0.717) is 31.5 Å². The lowest BCUT2D eigenvalue weighted by Crippen LogP contribution is -2.28.